The van der Waals surface area contributed by atoms with Gasteiger partial charge in [0.05, 0.1) is 34.2 Å². The van der Waals surface area contributed by atoms with E-state index in [0.717, 1.165) is 145 Å². The summed E-state index contributed by atoms with van der Waals surface area (Å²) in [6, 6.07) is 172. The molecule has 0 atom stereocenters. The second-order valence-electron chi connectivity index (χ2n) is 31.8. The molecule has 0 bridgehead atoms. The normalized spacial score (nSPS) is 11.1. The quantitative estimate of drug-likeness (QED) is 0.0952. The van der Waals surface area contributed by atoms with Crippen molar-refractivity contribution in [3.63, 3.8) is 0 Å². The van der Waals surface area contributed by atoms with Crippen molar-refractivity contribution in [1.82, 2.24) is 24.9 Å². The minimum absolute atomic E-state index is 0.704. The number of para-hydroxylation sites is 1. The van der Waals surface area contributed by atoms with E-state index in [1.54, 1.807) is 0 Å². The van der Waals surface area contributed by atoms with Crippen LogP contribution in [0.4, 0.5) is 0 Å². The third-order valence-electron chi connectivity index (χ3n) is 23.6. The molecule has 19 aromatic carbocycles. The van der Waals surface area contributed by atoms with Gasteiger partial charge in [0.15, 0.2) is 11.6 Å². The molecule has 0 unspecified atom stereocenters. The summed E-state index contributed by atoms with van der Waals surface area (Å²) in [5.41, 5.74) is 32.2. The summed E-state index contributed by atoms with van der Waals surface area (Å²) in [5.74, 6) is 1.43. The second kappa shape index (κ2) is 35.3. The molecule has 4 aromatic heterocycles. The van der Waals surface area contributed by atoms with Gasteiger partial charge in [-0.1, -0.05) is 413 Å². The van der Waals surface area contributed by atoms with Gasteiger partial charge in [0, 0.05) is 55.3 Å². The van der Waals surface area contributed by atoms with Gasteiger partial charge in [0.1, 0.15) is 11.2 Å². The number of nitrogens with zero attached hydrogens (tertiary/aromatic N) is 5. The lowest BCUT2D eigenvalue weighted by Crippen LogP contribution is -1.96. The third-order valence-corrected chi connectivity index (χ3v) is 23.6. The molecule has 596 valence electrons. The average Bonchev–Trinajstić information content (AvgIpc) is 1.69. The molecule has 0 amide bonds. The van der Waals surface area contributed by atoms with Crippen LogP contribution in [-0.4, -0.2) is 24.9 Å². The van der Waals surface area contributed by atoms with E-state index in [1.165, 1.54) is 71.3 Å². The Bertz CT molecular complexity index is 7790. The fourth-order valence-corrected chi connectivity index (χ4v) is 17.2. The fourth-order valence-electron chi connectivity index (χ4n) is 17.2. The molecule has 0 radical (unpaired) electrons. The van der Waals surface area contributed by atoms with Crippen molar-refractivity contribution < 1.29 is 4.42 Å². The van der Waals surface area contributed by atoms with Gasteiger partial charge in [-0.2, -0.15) is 0 Å². The molecule has 23 aromatic rings. The van der Waals surface area contributed by atoms with Crippen molar-refractivity contribution in [2.75, 3.05) is 0 Å². The first-order valence-electron chi connectivity index (χ1n) is 43.0. The van der Waals surface area contributed by atoms with Crippen LogP contribution in [-0.2, 0) is 0 Å². The molecule has 0 aliphatic heterocycles. The van der Waals surface area contributed by atoms with Crippen LogP contribution in [0.25, 0.3) is 222 Å². The largest absolute Gasteiger partial charge is 0.456 e. The van der Waals surface area contributed by atoms with Gasteiger partial charge in [-0.25, -0.2) is 24.9 Å². The zero-order valence-electron chi connectivity index (χ0n) is 69.4. The van der Waals surface area contributed by atoms with E-state index < -0.39 is 0 Å². The minimum Gasteiger partial charge on any atom is -0.456 e. The number of furan rings is 1. The zero-order valence-corrected chi connectivity index (χ0v) is 69.4. The SMILES string of the molecule is c1ccc(-c2cc(-c3cccc(-c4cc5ccccc5c5ccccc45)c3)nc(-c3ccccc3)n2)cc1.c1ccc(-c2cc(-c3ccccc3)nc(-c3cccc(-c4cccc(-c5ccc6c(c5)oc5ccccc56)c4)c3)c2)cc1.c1ccc(-c2ccc(-c3cc(-c4ccccc4)nc(-c4cccc(-c5cccc(-c6cccc7ccccc67)c5)c4)n3)cc2)cc1. The number of aromatic nitrogens is 5. The molecule has 0 N–H and O–H groups in total. The van der Waals surface area contributed by atoms with Crippen LogP contribution in [0.15, 0.2) is 496 Å². The number of hydrogen-bond acceptors (Lipinski definition) is 6. The molecule has 0 fully saturated rings. The van der Waals surface area contributed by atoms with E-state index in [9.17, 15) is 0 Å². The first-order valence-corrected chi connectivity index (χ1v) is 43.0. The highest BCUT2D eigenvalue weighted by Gasteiger charge is 2.19. The van der Waals surface area contributed by atoms with Gasteiger partial charge in [0.2, 0.25) is 0 Å². The van der Waals surface area contributed by atoms with Crippen molar-refractivity contribution in [1.29, 1.82) is 0 Å². The number of fused-ring (bicyclic) bond motifs is 7. The van der Waals surface area contributed by atoms with E-state index in [4.69, 9.17) is 29.3 Å². The highest BCUT2D eigenvalue weighted by atomic mass is 16.3. The average molecular weight is 1620 g/mol. The monoisotopic (exact) mass is 1620 g/mol. The first-order chi connectivity index (χ1) is 62.9. The Hall–Kier alpha value is -16.9. The molecule has 0 aliphatic carbocycles. The lowest BCUT2D eigenvalue weighted by Gasteiger charge is -2.13. The summed E-state index contributed by atoms with van der Waals surface area (Å²) < 4.78 is 6.17. The topological polar surface area (TPSA) is 77.6 Å². The van der Waals surface area contributed by atoms with Gasteiger partial charge in [-0.3, -0.25) is 0 Å². The third kappa shape index (κ3) is 16.6. The van der Waals surface area contributed by atoms with Gasteiger partial charge < -0.3 is 4.42 Å². The highest BCUT2D eigenvalue weighted by molar-refractivity contribution is 6.14. The van der Waals surface area contributed by atoms with Crippen molar-refractivity contribution >= 4 is 54.3 Å². The minimum atomic E-state index is 0.704. The molecule has 127 heavy (non-hydrogen) atoms. The maximum Gasteiger partial charge on any atom is 0.160 e. The number of hydrogen-bond donors (Lipinski definition) is 0. The highest BCUT2D eigenvalue weighted by Crippen LogP contribution is 2.42. The van der Waals surface area contributed by atoms with E-state index in [0.29, 0.717) is 5.82 Å². The van der Waals surface area contributed by atoms with Crippen molar-refractivity contribution in [2.24, 2.45) is 0 Å². The van der Waals surface area contributed by atoms with E-state index >= 15 is 0 Å². The van der Waals surface area contributed by atoms with Crippen LogP contribution in [0.1, 0.15) is 0 Å². The predicted molar refractivity (Wildman–Crippen MR) is 530 cm³/mol. The van der Waals surface area contributed by atoms with Crippen LogP contribution in [0.5, 0.6) is 0 Å². The molecular formula is C121H81N5O. The van der Waals surface area contributed by atoms with E-state index in [1.807, 2.05) is 66.7 Å². The lowest BCUT2D eigenvalue weighted by molar-refractivity contribution is 0.669. The van der Waals surface area contributed by atoms with Gasteiger partial charge in [-0.15, -0.1) is 0 Å². The summed E-state index contributed by atoms with van der Waals surface area (Å²) in [6.45, 7) is 0. The van der Waals surface area contributed by atoms with Crippen LogP contribution in [0.2, 0.25) is 0 Å². The smallest absolute Gasteiger partial charge is 0.160 e. The standard InChI is InChI=1S/C44H30N2.C41H27NO.C36H24N2/c1-3-12-31(13-4-1)32-24-26-35(27-25-32)43-30-42(34-15-5-2-6-16-34)45-44(46-43)39-21-10-19-37(29-39)36-18-9-20-38(28-36)41-23-11-17-33-14-7-8-22-40(33)41;1-3-11-28(12-4-1)35-25-38(29-13-5-2-6-14-29)42-39(26-35)34-18-10-17-32(24-34)30-15-9-16-31(23-30)33-21-22-37-36-19-7-8-20-40(36)43-41(37)27-33;1-3-12-25(13-4-1)34-24-35(38-36(37-34)26-14-5-2-6-15-26)29-18-11-17-27(22-29)33-23-28-16-7-8-19-30(28)31-20-9-10-21-32(31)33/h1-30H;1-27H;1-24H. The zero-order chi connectivity index (χ0) is 84.6. The van der Waals surface area contributed by atoms with E-state index in [-0.39, 0.29) is 0 Å². The van der Waals surface area contributed by atoms with E-state index in [2.05, 4.69) is 425 Å². The van der Waals surface area contributed by atoms with Crippen LogP contribution >= 0.6 is 0 Å². The molecule has 4 heterocycles. The van der Waals surface area contributed by atoms with Gasteiger partial charge in [0.25, 0.3) is 0 Å². The molecule has 6 heteroatoms. The first kappa shape index (κ1) is 77.4. The van der Waals surface area contributed by atoms with Gasteiger partial charge >= 0.3 is 0 Å². The maximum absolute atomic E-state index is 6.17. The summed E-state index contributed by atoms with van der Waals surface area (Å²) in [4.78, 5) is 25.3. The molecule has 0 spiro atoms. The summed E-state index contributed by atoms with van der Waals surface area (Å²) >= 11 is 0. The summed E-state index contributed by atoms with van der Waals surface area (Å²) in [5, 5.41) is 9.83. The van der Waals surface area contributed by atoms with Crippen LogP contribution < -0.4 is 0 Å². The Kier molecular flexibility index (Phi) is 21.5. The van der Waals surface area contributed by atoms with Crippen molar-refractivity contribution in [3.8, 4) is 168 Å². The second-order valence-corrected chi connectivity index (χ2v) is 31.8. The molecule has 0 saturated heterocycles. The number of benzene rings is 19. The Morgan fingerprint density at radius 2 is 0.433 bits per heavy atom. The molecule has 23 rings (SSSR count). The molecule has 0 aliphatic rings. The Morgan fingerprint density at radius 1 is 0.126 bits per heavy atom. The molecule has 6 nitrogen and oxygen atoms in total. The van der Waals surface area contributed by atoms with Crippen LogP contribution in [0.3, 0.4) is 0 Å². The summed E-state index contributed by atoms with van der Waals surface area (Å²) in [6.07, 6.45) is 0. The number of rotatable bonds is 15. The Labute approximate surface area is 738 Å². The Balaban J connectivity index is 0.000000117. The number of pyridine rings is 1. The summed E-state index contributed by atoms with van der Waals surface area (Å²) in [7, 11) is 0. The predicted octanol–water partition coefficient (Wildman–Crippen LogP) is 32.4. The Morgan fingerprint density at radius 3 is 0.992 bits per heavy atom. The lowest BCUT2D eigenvalue weighted by atomic mass is 9.92. The van der Waals surface area contributed by atoms with Crippen LogP contribution in [0, 0.1) is 0 Å². The fraction of sp³-hybridized carbons (Fsp3) is 0. The maximum atomic E-state index is 6.17. The van der Waals surface area contributed by atoms with Crippen molar-refractivity contribution in [3.05, 3.63) is 491 Å². The van der Waals surface area contributed by atoms with Gasteiger partial charge in [-0.05, 0) is 189 Å². The van der Waals surface area contributed by atoms with Crippen molar-refractivity contribution in [2.45, 2.75) is 0 Å². The molecular weight excluding hydrogens is 1540 g/mol. The molecule has 0 saturated carbocycles.